The number of carbonyl (C=O) groups is 1. The molecule has 56 heavy (non-hydrogen) atoms. The first-order valence-corrected chi connectivity index (χ1v) is 23.4. The van der Waals surface area contributed by atoms with Crippen molar-refractivity contribution in [1.82, 2.24) is 5.32 Å². The van der Waals surface area contributed by atoms with Crippen LogP contribution in [0.4, 0.5) is 0 Å². The number of rotatable bonds is 39. The lowest BCUT2D eigenvalue weighted by Gasteiger charge is -2.40. The first-order valence-electron chi connectivity index (χ1n) is 23.4. The summed E-state index contributed by atoms with van der Waals surface area (Å²) in [5, 5.41) is 75.6. The van der Waals surface area contributed by atoms with Gasteiger partial charge in [0, 0.05) is 0 Å². The number of hydrogen-bond donors (Lipinski definition) is 8. The van der Waals surface area contributed by atoms with Crippen LogP contribution in [0.2, 0.25) is 0 Å². The fourth-order valence-corrected chi connectivity index (χ4v) is 7.74. The summed E-state index contributed by atoms with van der Waals surface area (Å²) in [6.45, 7) is 3.44. The number of ether oxygens (including phenoxy) is 2. The van der Waals surface area contributed by atoms with E-state index in [0.717, 1.165) is 38.5 Å². The van der Waals surface area contributed by atoms with Gasteiger partial charge in [0.1, 0.15) is 36.6 Å². The van der Waals surface area contributed by atoms with Crippen molar-refractivity contribution >= 4 is 5.91 Å². The van der Waals surface area contributed by atoms with Gasteiger partial charge in [-0.15, -0.1) is 0 Å². The van der Waals surface area contributed by atoms with Crippen molar-refractivity contribution in [2.24, 2.45) is 0 Å². The molecule has 0 aliphatic carbocycles. The van der Waals surface area contributed by atoms with Crippen LogP contribution in [0.3, 0.4) is 0 Å². The van der Waals surface area contributed by atoms with Gasteiger partial charge in [-0.05, 0) is 12.8 Å². The predicted octanol–water partition coefficient (Wildman–Crippen LogP) is 7.50. The summed E-state index contributed by atoms with van der Waals surface area (Å²) < 4.78 is 11.1. The van der Waals surface area contributed by atoms with E-state index in [2.05, 4.69) is 19.2 Å². The molecule has 9 unspecified atom stereocenters. The molecule has 1 aliphatic rings. The number of unbranched alkanes of at least 4 members (excludes halogenated alkanes) is 27. The number of amides is 1. The molecule has 0 saturated carbocycles. The average Bonchev–Trinajstić information content (AvgIpc) is 3.20. The Morgan fingerprint density at radius 1 is 0.554 bits per heavy atom. The van der Waals surface area contributed by atoms with Gasteiger partial charge in [-0.1, -0.05) is 200 Å². The molecular formula is C45H89NO10. The third-order valence-corrected chi connectivity index (χ3v) is 11.7. The maximum atomic E-state index is 13.1. The maximum absolute atomic E-state index is 13.1. The first kappa shape index (κ1) is 53.1. The molecule has 11 heteroatoms. The fraction of sp³-hybridized carbons (Fsp3) is 0.978. The molecule has 1 heterocycles. The van der Waals surface area contributed by atoms with Gasteiger partial charge in [-0.3, -0.25) is 4.79 Å². The number of hydrogen-bond acceptors (Lipinski definition) is 10. The molecule has 0 aromatic rings. The van der Waals surface area contributed by atoms with Gasteiger partial charge in [0.15, 0.2) is 6.29 Å². The van der Waals surface area contributed by atoms with Crippen LogP contribution < -0.4 is 5.32 Å². The maximum Gasteiger partial charge on any atom is 0.249 e. The van der Waals surface area contributed by atoms with Crippen molar-refractivity contribution < 1.29 is 50.0 Å². The van der Waals surface area contributed by atoms with Crippen LogP contribution in [0.15, 0.2) is 0 Å². The first-order chi connectivity index (χ1) is 27.2. The van der Waals surface area contributed by atoms with Crippen LogP contribution in [0.1, 0.15) is 213 Å². The quantitative estimate of drug-likeness (QED) is 0.0289. The molecule has 0 bridgehead atoms. The van der Waals surface area contributed by atoms with Gasteiger partial charge < -0.3 is 50.5 Å². The molecule has 9 atom stereocenters. The van der Waals surface area contributed by atoms with Gasteiger partial charge in [-0.2, -0.15) is 0 Å². The molecule has 1 amide bonds. The van der Waals surface area contributed by atoms with Gasteiger partial charge in [0.05, 0.1) is 25.4 Å². The van der Waals surface area contributed by atoms with E-state index in [1.165, 1.54) is 135 Å². The lowest BCUT2D eigenvalue weighted by Crippen LogP contribution is -2.60. The van der Waals surface area contributed by atoms with E-state index in [1.54, 1.807) is 0 Å². The van der Waals surface area contributed by atoms with E-state index in [-0.39, 0.29) is 6.42 Å². The second-order valence-electron chi connectivity index (χ2n) is 16.8. The Bertz CT molecular complexity index is 882. The van der Waals surface area contributed by atoms with Crippen LogP contribution in [-0.4, -0.2) is 110 Å². The Balaban J connectivity index is 2.44. The minimum atomic E-state index is -1.66. The van der Waals surface area contributed by atoms with E-state index >= 15 is 0 Å². The fourth-order valence-electron chi connectivity index (χ4n) is 7.74. The second kappa shape index (κ2) is 36.0. The lowest BCUT2D eigenvalue weighted by molar-refractivity contribution is -0.303. The van der Waals surface area contributed by atoms with Crippen LogP contribution >= 0.6 is 0 Å². The van der Waals surface area contributed by atoms with Crippen LogP contribution in [0.25, 0.3) is 0 Å². The topological polar surface area (TPSA) is 189 Å². The summed E-state index contributed by atoms with van der Waals surface area (Å²) in [5.74, 6) is -0.695. The van der Waals surface area contributed by atoms with Gasteiger partial charge in [0.2, 0.25) is 5.91 Å². The van der Waals surface area contributed by atoms with E-state index in [4.69, 9.17) is 9.47 Å². The Kier molecular flexibility index (Phi) is 34.2. The molecular weight excluding hydrogens is 714 g/mol. The molecule has 1 fully saturated rings. The van der Waals surface area contributed by atoms with Crippen LogP contribution in [0.5, 0.6) is 0 Å². The third-order valence-electron chi connectivity index (χ3n) is 11.7. The number of nitrogens with one attached hydrogen (secondary N) is 1. The monoisotopic (exact) mass is 804 g/mol. The summed E-state index contributed by atoms with van der Waals surface area (Å²) in [5.41, 5.74) is 0. The molecule has 0 spiro atoms. The van der Waals surface area contributed by atoms with E-state index < -0.39 is 74.2 Å². The van der Waals surface area contributed by atoms with E-state index in [0.29, 0.717) is 19.3 Å². The molecule has 1 aliphatic heterocycles. The number of aliphatic hydroxyl groups is 7. The normalized spacial score (nSPS) is 22.2. The highest BCUT2D eigenvalue weighted by Crippen LogP contribution is 2.23. The summed E-state index contributed by atoms with van der Waals surface area (Å²) in [7, 11) is 0. The van der Waals surface area contributed by atoms with Crippen molar-refractivity contribution in [1.29, 1.82) is 0 Å². The van der Waals surface area contributed by atoms with Crippen molar-refractivity contribution in [2.75, 3.05) is 13.2 Å². The van der Waals surface area contributed by atoms with Crippen LogP contribution in [-0.2, 0) is 14.3 Å². The number of carbonyl (C=O) groups excluding carboxylic acids is 1. The zero-order chi connectivity index (χ0) is 41.2. The van der Waals surface area contributed by atoms with Gasteiger partial charge in [-0.25, -0.2) is 0 Å². The highest BCUT2D eigenvalue weighted by molar-refractivity contribution is 5.80. The smallest absolute Gasteiger partial charge is 0.249 e. The predicted molar refractivity (Wildman–Crippen MR) is 224 cm³/mol. The standard InChI is InChI=1S/C45H89NO10/c1-3-5-7-9-11-13-15-17-18-19-20-21-23-24-26-28-30-32-37(48)40(50)36(35-55-45-43(53)42(52)41(51)39(34-47)56-45)46-44(54)38(49)33-31-29-27-25-22-16-14-12-10-8-6-4-2/h36-43,45,47-53H,3-35H2,1-2H3,(H,46,54). The van der Waals surface area contributed by atoms with Gasteiger partial charge in [0.25, 0.3) is 0 Å². The molecule has 1 rings (SSSR count). The van der Waals surface area contributed by atoms with Crippen molar-refractivity contribution in [3.05, 3.63) is 0 Å². The summed E-state index contributed by atoms with van der Waals surface area (Å²) >= 11 is 0. The van der Waals surface area contributed by atoms with E-state index in [9.17, 15) is 40.5 Å². The Labute approximate surface area is 341 Å². The van der Waals surface area contributed by atoms with E-state index in [1.807, 2.05) is 0 Å². The summed E-state index contributed by atoms with van der Waals surface area (Å²) in [6.07, 6.45) is 24.3. The van der Waals surface area contributed by atoms with Crippen LogP contribution in [0, 0.1) is 0 Å². The van der Waals surface area contributed by atoms with Crippen molar-refractivity contribution in [3.8, 4) is 0 Å². The third kappa shape index (κ3) is 25.6. The molecule has 0 aromatic heterocycles. The zero-order valence-corrected chi connectivity index (χ0v) is 35.9. The molecule has 0 radical (unpaired) electrons. The minimum Gasteiger partial charge on any atom is -0.394 e. The second-order valence-corrected chi connectivity index (χ2v) is 16.8. The lowest BCUT2D eigenvalue weighted by atomic mass is 9.98. The average molecular weight is 804 g/mol. The highest BCUT2D eigenvalue weighted by atomic mass is 16.7. The van der Waals surface area contributed by atoms with Crippen molar-refractivity contribution in [3.63, 3.8) is 0 Å². The van der Waals surface area contributed by atoms with Crippen molar-refractivity contribution in [2.45, 2.75) is 268 Å². The molecule has 8 N–H and O–H groups in total. The summed E-state index contributed by atoms with van der Waals surface area (Å²) in [6, 6.07) is -1.16. The molecule has 334 valence electrons. The molecule has 11 nitrogen and oxygen atoms in total. The Hall–Kier alpha value is -0.890. The Morgan fingerprint density at radius 3 is 1.32 bits per heavy atom. The SMILES string of the molecule is CCCCCCCCCCCCCCCCCCCC(O)C(O)C(COC1OC(CO)C(O)C(O)C1O)NC(=O)C(O)CCCCCCCCCCCCCC. The number of aliphatic hydroxyl groups excluding tert-OH is 7. The summed E-state index contributed by atoms with van der Waals surface area (Å²) in [4.78, 5) is 13.1. The zero-order valence-electron chi connectivity index (χ0n) is 35.9. The minimum absolute atomic E-state index is 0.265. The van der Waals surface area contributed by atoms with Gasteiger partial charge >= 0.3 is 0 Å². The molecule has 0 aromatic carbocycles. The largest absolute Gasteiger partial charge is 0.394 e. The Morgan fingerprint density at radius 2 is 0.929 bits per heavy atom. The molecule has 1 saturated heterocycles. The highest BCUT2D eigenvalue weighted by Gasteiger charge is 2.44.